The normalized spacial score (nSPS) is 11.6. The van der Waals surface area contributed by atoms with E-state index in [1.165, 1.54) is 5.06 Å². The zero-order valence-electron chi connectivity index (χ0n) is 16.7. The van der Waals surface area contributed by atoms with Crippen LogP contribution in [0.3, 0.4) is 0 Å². The van der Waals surface area contributed by atoms with Gasteiger partial charge in [0.05, 0.1) is 5.69 Å². The van der Waals surface area contributed by atoms with E-state index in [1.807, 2.05) is 24.3 Å². The fraction of sp³-hybridized carbons (Fsp3) is 0.130. The quantitative estimate of drug-likeness (QED) is 0.287. The zero-order chi connectivity index (χ0) is 22.4. The molecule has 31 heavy (non-hydrogen) atoms. The van der Waals surface area contributed by atoms with Crippen LogP contribution < -0.4 is 10.4 Å². The molecular weight excluding hydrogens is 432 g/mol. The first-order valence-corrected chi connectivity index (χ1v) is 10.4. The molecule has 0 spiro atoms. The van der Waals surface area contributed by atoms with E-state index in [9.17, 15) is 9.59 Å². The summed E-state index contributed by atoms with van der Waals surface area (Å²) < 4.78 is 0. The average molecular weight is 455 g/mol. The van der Waals surface area contributed by atoms with Gasteiger partial charge in [-0.15, -0.1) is 25.3 Å². The van der Waals surface area contributed by atoms with E-state index in [0.29, 0.717) is 16.9 Å². The summed E-state index contributed by atoms with van der Waals surface area (Å²) >= 11 is 8.54. The summed E-state index contributed by atoms with van der Waals surface area (Å²) in [6, 6.07) is 20.3. The van der Waals surface area contributed by atoms with Crippen molar-refractivity contribution in [2.45, 2.75) is 29.4 Å². The van der Waals surface area contributed by atoms with Crippen LogP contribution in [0.1, 0.15) is 22.8 Å². The van der Waals surface area contributed by atoms with E-state index in [0.717, 1.165) is 15.4 Å². The second-order valence-corrected chi connectivity index (χ2v) is 7.87. The Balaban J connectivity index is 1.83. The summed E-state index contributed by atoms with van der Waals surface area (Å²) in [5.41, 5.74) is 2.47. The molecule has 0 radical (unpaired) electrons. The summed E-state index contributed by atoms with van der Waals surface area (Å²) in [6.07, 6.45) is 0. The molecule has 0 heterocycles. The molecule has 8 heteroatoms. The van der Waals surface area contributed by atoms with Gasteiger partial charge in [0.25, 0.3) is 5.91 Å². The minimum Gasteiger partial charge on any atom is -0.480 e. The third kappa shape index (κ3) is 6.27. The number of rotatable bonds is 8. The number of amides is 1. The van der Waals surface area contributed by atoms with E-state index in [2.05, 4.69) is 30.6 Å². The van der Waals surface area contributed by atoms with Gasteiger partial charge in [-0.3, -0.25) is 14.4 Å². The molecule has 0 aliphatic rings. The Labute approximate surface area is 191 Å². The summed E-state index contributed by atoms with van der Waals surface area (Å²) in [4.78, 5) is 31.7. The predicted molar refractivity (Wildman–Crippen MR) is 126 cm³/mol. The Morgan fingerprint density at radius 1 is 0.935 bits per heavy atom. The third-order valence-corrected chi connectivity index (χ3v) is 5.05. The first-order chi connectivity index (χ1) is 14.8. The summed E-state index contributed by atoms with van der Waals surface area (Å²) in [7, 11) is 0. The second kappa shape index (κ2) is 10.4. The van der Waals surface area contributed by atoms with E-state index in [4.69, 9.17) is 9.94 Å². The van der Waals surface area contributed by atoms with Crippen molar-refractivity contribution in [3.05, 3.63) is 83.9 Å². The zero-order valence-corrected chi connectivity index (χ0v) is 18.5. The average Bonchev–Trinajstić information content (AvgIpc) is 2.76. The van der Waals surface area contributed by atoms with Gasteiger partial charge in [0.15, 0.2) is 0 Å². The van der Waals surface area contributed by atoms with Crippen LogP contribution in [0.4, 0.5) is 11.4 Å². The van der Waals surface area contributed by atoms with Crippen molar-refractivity contribution in [2.75, 3.05) is 10.4 Å². The number of nitrogens with zero attached hydrogens (tertiary/aromatic N) is 1. The van der Waals surface area contributed by atoms with Crippen LogP contribution in [0.5, 0.6) is 0 Å². The summed E-state index contributed by atoms with van der Waals surface area (Å²) in [5.74, 6) is -1.29. The molecule has 160 valence electrons. The molecule has 0 bridgehead atoms. The molecule has 0 aliphatic heterocycles. The van der Waals surface area contributed by atoms with Crippen LogP contribution in [-0.4, -0.2) is 23.0 Å². The van der Waals surface area contributed by atoms with Gasteiger partial charge in [-0.25, -0.2) is 0 Å². The molecular formula is C23H22N2O4S2. The monoisotopic (exact) mass is 454 g/mol. The lowest BCUT2D eigenvalue weighted by molar-refractivity contribution is -0.137. The number of benzene rings is 3. The second-order valence-electron chi connectivity index (χ2n) is 6.84. The first-order valence-electron chi connectivity index (χ1n) is 9.47. The number of nitrogens with one attached hydrogen (secondary N) is 1. The van der Waals surface area contributed by atoms with Crippen LogP contribution in [0.2, 0.25) is 0 Å². The van der Waals surface area contributed by atoms with Crippen molar-refractivity contribution in [3.8, 4) is 0 Å². The number of hydrogen-bond donors (Lipinski definition) is 4. The topological polar surface area (TPSA) is 78.9 Å². The van der Waals surface area contributed by atoms with E-state index < -0.39 is 12.0 Å². The number of thiol groups is 2. The van der Waals surface area contributed by atoms with Gasteiger partial charge in [0.2, 0.25) is 0 Å². The van der Waals surface area contributed by atoms with E-state index in [-0.39, 0.29) is 12.5 Å². The molecule has 1 atom stereocenters. The van der Waals surface area contributed by atoms with Crippen molar-refractivity contribution >= 4 is 48.5 Å². The molecule has 0 saturated carbocycles. The Morgan fingerprint density at radius 3 is 2.03 bits per heavy atom. The standard InChI is InChI=1S/C23H22N2O4S2/c1-15(23(27)28)24-18-6-8-19(9-7-18)25(22(26)17-4-12-21(31)13-5-17)29-14-16-2-10-20(30)11-3-16/h2-13,15,24,30-31H,14H2,1H3,(H,27,28). The largest absolute Gasteiger partial charge is 0.480 e. The molecule has 3 rings (SSSR count). The van der Waals surface area contributed by atoms with Gasteiger partial charge >= 0.3 is 5.97 Å². The number of anilines is 2. The van der Waals surface area contributed by atoms with Gasteiger partial charge in [-0.1, -0.05) is 12.1 Å². The lowest BCUT2D eigenvalue weighted by atomic mass is 10.2. The lowest BCUT2D eigenvalue weighted by Crippen LogP contribution is -2.31. The molecule has 3 aromatic rings. The minimum absolute atomic E-state index is 0.181. The number of hydrogen-bond acceptors (Lipinski definition) is 6. The Kier molecular flexibility index (Phi) is 7.62. The van der Waals surface area contributed by atoms with Crippen molar-refractivity contribution < 1.29 is 19.5 Å². The van der Waals surface area contributed by atoms with Crippen LogP contribution in [0, 0.1) is 0 Å². The van der Waals surface area contributed by atoms with E-state index >= 15 is 0 Å². The molecule has 3 aromatic carbocycles. The number of carboxylic acid groups (broad SMARTS) is 1. The van der Waals surface area contributed by atoms with Crippen molar-refractivity contribution in [1.82, 2.24) is 0 Å². The van der Waals surface area contributed by atoms with Crippen LogP contribution in [-0.2, 0) is 16.2 Å². The molecule has 0 saturated heterocycles. The smallest absolute Gasteiger partial charge is 0.325 e. The van der Waals surface area contributed by atoms with Gasteiger partial charge < -0.3 is 10.4 Å². The molecule has 2 N–H and O–H groups in total. The first kappa shape index (κ1) is 22.7. The van der Waals surface area contributed by atoms with Crippen LogP contribution in [0.25, 0.3) is 0 Å². The lowest BCUT2D eigenvalue weighted by Gasteiger charge is -2.23. The van der Waals surface area contributed by atoms with Gasteiger partial charge in [0.1, 0.15) is 12.6 Å². The number of carbonyl (C=O) groups is 2. The van der Waals surface area contributed by atoms with Crippen LogP contribution >= 0.6 is 25.3 Å². The Hall–Kier alpha value is -2.94. The molecule has 1 amide bonds. The van der Waals surface area contributed by atoms with Crippen molar-refractivity contribution in [1.29, 1.82) is 0 Å². The van der Waals surface area contributed by atoms with Gasteiger partial charge in [0, 0.05) is 21.0 Å². The maximum atomic E-state index is 13.2. The predicted octanol–water partition coefficient (Wildman–Crippen LogP) is 4.93. The SMILES string of the molecule is CC(Nc1ccc(N(OCc2ccc(S)cc2)C(=O)c2ccc(S)cc2)cc1)C(=O)O. The summed E-state index contributed by atoms with van der Waals surface area (Å²) in [5, 5.41) is 13.2. The third-order valence-electron chi connectivity index (χ3n) is 4.45. The maximum Gasteiger partial charge on any atom is 0.325 e. The fourth-order valence-electron chi connectivity index (χ4n) is 2.71. The van der Waals surface area contributed by atoms with Crippen molar-refractivity contribution in [2.24, 2.45) is 0 Å². The number of carboxylic acids is 1. The Bertz CT molecular complexity index is 1040. The number of hydroxylamine groups is 1. The van der Waals surface area contributed by atoms with Crippen molar-refractivity contribution in [3.63, 3.8) is 0 Å². The van der Waals surface area contributed by atoms with E-state index in [1.54, 1.807) is 55.5 Å². The molecule has 0 fully saturated rings. The number of carbonyl (C=O) groups excluding carboxylic acids is 1. The highest BCUT2D eigenvalue weighted by atomic mass is 32.1. The minimum atomic E-state index is -0.955. The fourth-order valence-corrected chi connectivity index (χ4v) is 3.01. The van der Waals surface area contributed by atoms with Crippen LogP contribution in [0.15, 0.2) is 82.6 Å². The highest BCUT2D eigenvalue weighted by Gasteiger charge is 2.20. The molecule has 6 nitrogen and oxygen atoms in total. The highest BCUT2D eigenvalue weighted by Crippen LogP contribution is 2.23. The van der Waals surface area contributed by atoms with Gasteiger partial charge in [-0.2, -0.15) is 5.06 Å². The highest BCUT2D eigenvalue weighted by molar-refractivity contribution is 7.80. The maximum absolute atomic E-state index is 13.2. The molecule has 0 aromatic heterocycles. The van der Waals surface area contributed by atoms with Gasteiger partial charge in [-0.05, 0) is 73.2 Å². The number of aliphatic carboxylic acids is 1. The summed E-state index contributed by atoms with van der Waals surface area (Å²) in [6.45, 7) is 1.73. The molecule has 1 unspecified atom stereocenters. The molecule has 0 aliphatic carbocycles. The Morgan fingerprint density at radius 2 is 1.48 bits per heavy atom.